The third kappa shape index (κ3) is 2.96. The number of hydrogen-bond donors (Lipinski definition) is 1. The molecule has 0 unspecified atom stereocenters. The standard InChI is InChI=1S/C10H18N4/c1-7(2)14(4)6-10-12-8(3)5-9(11)13-10/h5,7H,6H2,1-4H3,(H2,11,12,13). The summed E-state index contributed by atoms with van der Waals surface area (Å²) in [6.07, 6.45) is 0. The predicted octanol–water partition coefficient (Wildman–Crippen LogP) is 1.21. The van der Waals surface area contributed by atoms with Gasteiger partial charge in [0.2, 0.25) is 0 Å². The zero-order chi connectivity index (χ0) is 10.7. The number of aromatic nitrogens is 2. The van der Waals surface area contributed by atoms with Gasteiger partial charge in [-0.25, -0.2) is 9.97 Å². The van der Waals surface area contributed by atoms with Crippen LogP contribution in [-0.2, 0) is 6.54 Å². The quantitative estimate of drug-likeness (QED) is 0.785. The SMILES string of the molecule is Cc1cc(N)nc(CN(C)C(C)C)n1. The van der Waals surface area contributed by atoms with Gasteiger partial charge in [-0.2, -0.15) is 0 Å². The van der Waals surface area contributed by atoms with E-state index in [0.717, 1.165) is 18.1 Å². The number of nitrogens with two attached hydrogens (primary N) is 1. The maximum absolute atomic E-state index is 5.64. The van der Waals surface area contributed by atoms with E-state index in [1.807, 2.05) is 14.0 Å². The minimum atomic E-state index is 0.486. The number of anilines is 1. The summed E-state index contributed by atoms with van der Waals surface area (Å²) in [5, 5.41) is 0. The fraction of sp³-hybridized carbons (Fsp3) is 0.600. The normalized spacial score (nSPS) is 11.3. The summed E-state index contributed by atoms with van der Waals surface area (Å²) in [7, 11) is 2.05. The molecule has 0 aliphatic heterocycles. The van der Waals surface area contributed by atoms with Crippen LogP contribution in [0.3, 0.4) is 0 Å². The molecule has 78 valence electrons. The minimum absolute atomic E-state index is 0.486. The molecule has 0 radical (unpaired) electrons. The fourth-order valence-corrected chi connectivity index (χ4v) is 1.13. The summed E-state index contributed by atoms with van der Waals surface area (Å²) in [4.78, 5) is 10.7. The molecular weight excluding hydrogens is 176 g/mol. The largest absolute Gasteiger partial charge is 0.384 e. The van der Waals surface area contributed by atoms with Crippen molar-refractivity contribution in [2.75, 3.05) is 12.8 Å². The molecule has 0 aliphatic carbocycles. The summed E-state index contributed by atoms with van der Waals surface area (Å²) in [5.41, 5.74) is 6.56. The molecule has 0 spiro atoms. The van der Waals surface area contributed by atoms with Crippen LogP contribution in [0.2, 0.25) is 0 Å². The molecule has 0 saturated heterocycles. The third-order valence-electron chi connectivity index (χ3n) is 2.19. The Kier molecular flexibility index (Phi) is 3.41. The Labute approximate surface area is 85.2 Å². The highest BCUT2D eigenvalue weighted by atomic mass is 15.1. The Hall–Kier alpha value is -1.16. The van der Waals surface area contributed by atoms with Crippen LogP contribution in [0.4, 0.5) is 5.82 Å². The second kappa shape index (κ2) is 4.37. The topological polar surface area (TPSA) is 55.0 Å². The molecule has 4 heteroatoms. The molecule has 1 rings (SSSR count). The Morgan fingerprint density at radius 2 is 2.07 bits per heavy atom. The highest BCUT2D eigenvalue weighted by Gasteiger charge is 2.07. The van der Waals surface area contributed by atoms with Crippen LogP contribution in [0, 0.1) is 6.92 Å². The lowest BCUT2D eigenvalue weighted by Gasteiger charge is -2.19. The maximum Gasteiger partial charge on any atom is 0.144 e. The third-order valence-corrected chi connectivity index (χ3v) is 2.19. The van der Waals surface area contributed by atoms with E-state index in [-0.39, 0.29) is 0 Å². The monoisotopic (exact) mass is 194 g/mol. The molecule has 0 aliphatic rings. The average molecular weight is 194 g/mol. The first kappa shape index (κ1) is 10.9. The first-order valence-corrected chi connectivity index (χ1v) is 4.79. The maximum atomic E-state index is 5.64. The van der Waals surface area contributed by atoms with Crippen molar-refractivity contribution < 1.29 is 0 Å². The molecule has 0 fully saturated rings. The van der Waals surface area contributed by atoms with E-state index in [9.17, 15) is 0 Å². The van der Waals surface area contributed by atoms with Crippen molar-refractivity contribution in [3.8, 4) is 0 Å². The van der Waals surface area contributed by atoms with Gasteiger partial charge in [-0.1, -0.05) is 0 Å². The van der Waals surface area contributed by atoms with Gasteiger partial charge in [0.25, 0.3) is 0 Å². The van der Waals surface area contributed by atoms with Gasteiger partial charge in [0, 0.05) is 17.8 Å². The van der Waals surface area contributed by atoms with Gasteiger partial charge >= 0.3 is 0 Å². The molecule has 0 saturated carbocycles. The van der Waals surface area contributed by atoms with Gasteiger partial charge in [-0.15, -0.1) is 0 Å². The zero-order valence-corrected chi connectivity index (χ0v) is 9.28. The van der Waals surface area contributed by atoms with E-state index in [1.54, 1.807) is 6.07 Å². The molecule has 1 aromatic heterocycles. The van der Waals surface area contributed by atoms with Crippen LogP contribution >= 0.6 is 0 Å². The molecule has 1 heterocycles. The molecule has 0 bridgehead atoms. The number of nitrogens with zero attached hydrogens (tertiary/aromatic N) is 3. The van der Waals surface area contributed by atoms with Gasteiger partial charge in [0.15, 0.2) is 0 Å². The van der Waals surface area contributed by atoms with E-state index in [1.165, 1.54) is 0 Å². The van der Waals surface area contributed by atoms with Crippen molar-refractivity contribution in [2.45, 2.75) is 33.4 Å². The van der Waals surface area contributed by atoms with Crippen molar-refractivity contribution in [3.63, 3.8) is 0 Å². The fourth-order valence-electron chi connectivity index (χ4n) is 1.13. The molecule has 14 heavy (non-hydrogen) atoms. The van der Waals surface area contributed by atoms with Crippen LogP contribution < -0.4 is 5.73 Å². The van der Waals surface area contributed by atoms with E-state index in [2.05, 4.69) is 28.7 Å². The number of rotatable bonds is 3. The average Bonchev–Trinajstić information content (AvgIpc) is 2.01. The second-order valence-electron chi connectivity index (χ2n) is 3.86. The van der Waals surface area contributed by atoms with Crippen LogP contribution in [0.1, 0.15) is 25.4 Å². The highest BCUT2D eigenvalue weighted by Crippen LogP contribution is 2.05. The van der Waals surface area contributed by atoms with Crippen molar-refractivity contribution in [2.24, 2.45) is 0 Å². The van der Waals surface area contributed by atoms with E-state index in [4.69, 9.17) is 5.73 Å². The molecule has 0 atom stereocenters. The van der Waals surface area contributed by atoms with Gasteiger partial charge < -0.3 is 5.73 Å². The summed E-state index contributed by atoms with van der Waals surface area (Å²) in [6.45, 7) is 6.94. The Morgan fingerprint density at radius 3 is 2.57 bits per heavy atom. The summed E-state index contributed by atoms with van der Waals surface area (Å²) in [5.74, 6) is 1.34. The van der Waals surface area contributed by atoms with Gasteiger partial charge in [-0.3, -0.25) is 4.90 Å². The van der Waals surface area contributed by atoms with Crippen molar-refractivity contribution in [3.05, 3.63) is 17.6 Å². The van der Waals surface area contributed by atoms with Crippen molar-refractivity contribution in [1.29, 1.82) is 0 Å². The van der Waals surface area contributed by atoms with Crippen LogP contribution in [0.5, 0.6) is 0 Å². The highest BCUT2D eigenvalue weighted by molar-refractivity contribution is 5.29. The van der Waals surface area contributed by atoms with Crippen LogP contribution in [0.15, 0.2) is 6.07 Å². The smallest absolute Gasteiger partial charge is 0.144 e. The molecular formula is C10H18N4. The molecule has 1 aromatic rings. The Bertz CT molecular complexity index is 289. The van der Waals surface area contributed by atoms with Crippen molar-refractivity contribution in [1.82, 2.24) is 14.9 Å². The number of hydrogen-bond acceptors (Lipinski definition) is 4. The molecule has 0 aromatic carbocycles. The number of nitrogen functional groups attached to an aromatic ring is 1. The molecule has 0 amide bonds. The van der Waals surface area contributed by atoms with Gasteiger partial charge in [0.1, 0.15) is 11.6 Å². The van der Waals surface area contributed by atoms with E-state index in [0.29, 0.717) is 11.9 Å². The Balaban J connectivity index is 2.76. The predicted molar refractivity (Wildman–Crippen MR) is 57.8 cm³/mol. The van der Waals surface area contributed by atoms with Gasteiger partial charge in [0.05, 0.1) is 6.54 Å². The lowest BCUT2D eigenvalue weighted by molar-refractivity contribution is 0.259. The number of aryl methyl sites for hydroxylation is 1. The second-order valence-corrected chi connectivity index (χ2v) is 3.86. The summed E-state index contributed by atoms with van der Waals surface area (Å²) < 4.78 is 0. The van der Waals surface area contributed by atoms with E-state index < -0.39 is 0 Å². The lowest BCUT2D eigenvalue weighted by atomic mass is 10.3. The summed E-state index contributed by atoms with van der Waals surface area (Å²) in [6, 6.07) is 2.26. The molecule has 2 N–H and O–H groups in total. The van der Waals surface area contributed by atoms with Crippen molar-refractivity contribution >= 4 is 5.82 Å². The molecule has 4 nitrogen and oxygen atoms in total. The van der Waals surface area contributed by atoms with E-state index >= 15 is 0 Å². The van der Waals surface area contributed by atoms with Gasteiger partial charge in [-0.05, 0) is 27.8 Å². The zero-order valence-electron chi connectivity index (χ0n) is 9.28. The lowest BCUT2D eigenvalue weighted by Crippen LogP contribution is -2.26. The van der Waals surface area contributed by atoms with Crippen LogP contribution in [0.25, 0.3) is 0 Å². The first-order valence-electron chi connectivity index (χ1n) is 4.79. The first-order chi connectivity index (χ1) is 6.49. The summed E-state index contributed by atoms with van der Waals surface area (Å²) >= 11 is 0. The minimum Gasteiger partial charge on any atom is -0.384 e. The Morgan fingerprint density at radius 1 is 1.43 bits per heavy atom. The van der Waals surface area contributed by atoms with Crippen LogP contribution in [-0.4, -0.2) is 28.0 Å².